The molecule has 0 spiro atoms. The third kappa shape index (κ3) is 3.09. The second kappa shape index (κ2) is 4.80. The number of rotatable bonds is 4. The zero-order valence-electron chi connectivity index (χ0n) is 8.08. The predicted octanol–water partition coefficient (Wildman–Crippen LogP) is -0.0915. The number of nitrogens with one attached hydrogen (secondary N) is 1. The first-order valence-electron chi connectivity index (χ1n) is 4.73. The van der Waals surface area contributed by atoms with Crippen molar-refractivity contribution in [2.24, 2.45) is 5.92 Å². The highest BCUT2D eigenvalue weighted by Gasteiger charge is 2.23. The maximum atomic E-state index is 9.48. The fourth-order valence-electron chi connectivity index (χ4n) is 1.68. The molecule has 0 saturated carbocycles. The van der Waals surface area contributed by atoms with E-state index in [1.54, 1.807) is 0 Å². The van der Waals surface area contributed by atoms with Crippen molar-refractivity contribution in [1.82, 2.24) is 10.2 Å². The van der Waals surface area contributed by atoms with Crippen molar-refractivity contribution in [3.63, 3.8) is 0 Å². The van der Waals surface area contributed by atoms with Crippen molar-refractivity contribution >= 4 is 0 Å². The van der Waals surface area contributed by atoms with Crippen LogP contribution in [-0.4, -0.2) is 49.8 Å². The van der Waals surface area contributed by atoms with Gasteiger partial charge in [-0.15, -0.1) is 0 Å². The molecule has 3 nitrogen and oxygen atoms in total. The first-order valence-corrected chi connectivity index (χ1v) is 4.73. The zero-order chi connectivity index (χ0) is 8.97. The standard InChI is InChI=1S/C9H20N2O/c1-11(2)5-3-4-8-6-10-7-9(8)12/h8-10,12H,3-7H2,1-2H3/t8-,9-/m1/s1. The summed E-state index contributed by atoms with van der Waals surface area (Å²) in [6.45, 7) is 2.91. The summed E-state index contributed by atoms with van der Waals surface area (Å²) < 4.78 is 0. The van der Waals surface area contributed by atoms with Gasteiger partial charge in [0.2, 0.25) is 0 Å². The Morgan fingerprint density at radius 2 is 2.17 bits per heavy atom. The Balaban J connectivity index is 2.06. The average molecular weight is 172 g/mol. The molecule has 0 aliphatic carbocycles. The molecule has 0 radical (unpaired) electrons. The van der Waals surface area contributed by atoms with Crippen LogP contribution in [-0.2, 0) is 0 Å². The minimum atomic E-state index is -0.104. The van der Waals surface area contributed by atoms with Crippen LogP contribution in [0.5, 0.6) is 0 Å². The van der Waals surface area contributed by atoms with Gasteiger partial charge in [0.15, 0.2) is 0 Å². The van der Waals surface area contributed by atoms with Crippen LogP contribution in [0.4, 0.5) is 0 Å². The number of nitrogens with zero attached hydrogens (tertiary/aromatic N) is 1. The first kappa shape index (κ1) is 9.96. The van der Waals surface area contributed by atoms with Gasteiger partial charge in [-0.25, -0.2) is 0 Å². The van der Waals surface area contributed by atoms with Crippen molar-refractivity contribution in [1.29, 1.82) is 0 Å². The van der Waals surface area contributed by atoms with Crippen LogP contribution >= 0.6 is 0 Å². The van der Waals surface area contributed by atoms with Gasteiger partial charge in [0, 0.05) is 13.1 Å². The van der Waals surface area contributed by atoms with Gasteiger partial charge in [-0.1, -0.05) is 0 Å². The van der Waals surface area contributed by atoms with E-state index >= 15 is 0 Å². The molecule has 0 aromatic rings. The molecule has 12 heavy (non-hydrogen) atoms. The summed E-state index contributed by atoms with van der Waals surface area (Å²) in [6, 6.07) is 0. The Morgan fingerprint density at radius 3 is 2.67 bits per heavy atom. The fraction of sp³-hybridized carbons (Fsp3) is 1.00. The van der Waals surface area contributed by atoms with Gasteiger partial charge >= 0.3 is 0 Å². The molecule has 0 bridgehead atoms. The molecule has 1 heterocycles. The van der Waals surface area contributed by atoms with Crippen molar-refractivity contribution in [2.45, 2.75) is 18.9 Å². The Hall–Kier alpha value is -0.120. The van der Waals surface area contributed by atoms with E-state index in [0.717, 1.165) is 26.1 Å². The first-order chi connectivity index (χ1) is 5.70. The SMILES string of the molecule is CN(C)CCC[C@@H]1CNC[C@H]1O. The summed E-state index contributed by atoms with van der Waals surface area (Å²) in [6.07, 6.45) is 2.23. The lowest BCUT2D eigenvalue weighted by Gasteiger charge is -2.14. The van der Waals surface area contributed by atoms with Crippen LogP contribution in [0.15, 0.2) is 0 Å². The fourth-order valence-corrected chi connectivity index (χ4v) is 1.68. The molecule has 1 fully saturated rings. The van der Waals surface area contributed by atoms with E-state index < -0.39 is 0 Å². The Labute approximate surface area is 74.8 Å². The van der Waals surface area contributed by atoms with E-state index in [2.05, 4.69) is 24.3 Å². The second-order valence-electron chi connectivity index (χ2n) is 3.93. The topological polar surface area (TPSA) is 35.5 Å². The normalized spacial score (nSPS) is 30.0. The molecule has 0 unspecified atom stereocenters. The average Bonchev–Trinajstić information content (AvgIpc) is 2.36. The van der Waals surface area contributed by atoms with Crippen molar-refractivity contribution in [3.05, 3.63) is 0 Å². The summed E-state index contributed by atoms with van der Waals surface area (Å²) in [4.78, 5) is 2.19. The lowest BCUT2D eigenvalue weighted by atomic mass is 10.0. The largest absolute Gasteiger partial charge is 0.391 e. The van der Waals surface area contributed by atoms with Gasteiger partial charge in [0.25, 0.3) is 0 Å². The van der Waals surface area contributed by atoms with Gasteiger partial charge < -0.3 is 15.3 Å². The molecule has 1 aliphatic heterocycles. The van der Waals surface area contributed by atoms with Crippen LogP contribution < -0.4 is 5.32 Å². The van der Waals surface area contributed by atoms with Crippen LogP contribution in [0.2, 0.25) is 0 Å². The number of aliphatic hydroxyl groups excluding tert-OH is 1. The molecular weight excluding hydrogens is 152 g/mol. The van der Waals surface area contributed by atoms with Gasteiger partial charge in [0.05, 0.1) is 6.10 Å². The molecular formula is C9H20N2O. The highest BCUT2D eigenvalue weighted by Crippen LogP contribution is 2.14. The highest BCUT2D eigenvalue weighted by molar-refractivity contribution is 4.80. The molecule has 3 heteroatoms. The molecule has 0 amide bonds. The summed E-state index contributed by atoms with van der Waals surface area (Å²) in [5.41, 5.74) is 0. The van der Waals surface area contributed by atoms with E-state index in [-0.39, 0.29) is 6.10 Å². The maximum Gasteiger partial charge on any atom is 0.0704 e. The molecule has 2 atom stereocenters. The summed E-state index contributed by atoms with van der Waals surface area (Å²) >= 11 is 0. The number of hydrogen-bond acceptors (Lipinski definition) is 3. The highest BCUT2D eigenvalue weighted by atomic mass is 16.3. The van der Waals surface area contributed by atoms with Crippen molar-refractivity contribution in [2.75, 3.05) is 33.7 Å². The Kier molecular flexibility index (Phi) is 3.98. The van der Waals surface area contributed by atoms with E-state index in [1.807, 2.05) is 0 Å². The van der Waals surface area contributed by atoms with Gasteiger partial charge in [0.1, 0.15) is 0 Å². The van der Waals surface area contributed by atoms with Gasteiger partial charge in [-0.2, -0.15) is 0 Å². The third-order valence-electron chi connectivity index (χ3n) is 2.48. The van der Waals surface area contributed by atoms with Crippen molar-refractivity contribution < 1.29 is 5.11 Å². The van der Waals surface area contributed by atoms with E-state index in [1.165, 1.54) is 6.42 Å². The molecule has 0 aromatic heterocycles. The molecule has 1 saturated heterocycles. The lowest BCUT2D eigenvalue weighted by molar-refractivity contribution is 0.140. The summed E-state index contributed by atoms with van der Waals surface area (Å²) in [5.74, 6) is 0.491. The molecule has 72 valence electrons. The molecule has 1 rings (SSSR count). The maximum absolute atomic E-state index is 9.48. The summed E-state index contributed by atoms with van der Waals surface area (Å²) in [7, 11) is 4.17. The molecule has 1 aliphatic rings. The monoisotopic (exact) mass is 172 g/mol. The van der Waals surface area contributed by atoms with Crippen LogP contribution in [0.3, 0.4) is 0 Å². The van der Waals surface area contributed by atoms with E-state index in [9.17, 15) is 5.11 Å². The van der Waals surface area contributed by atoms with Crippen LogP contribution in [0, 0.1) is 5.92 Å². The Bertz CT molecular complexity index is 128. The summed E-state index contributed by atoms with van der Waals surface area (Å²) in [5, 5.41) is 12.7. The van der Waals surface area contributed by atoms with Crippen LogP contribution in [0.1, 0.15) is 12.8 Å². The predicted molar refractivity (Wildman–Crippen MR) is 50.2 cm³/mol. The lowest BCUT2D eigenvalue weighted by Crippen LogP contribution is -2.20. The van der Waals surface area contributed by atoms with Gasteiger partial charge in [-0.05, 0) is 39.4 Å². The molecule has 2 N–H and O–H groups in total. The third-order valence-corrected chi connectivity index (χ3v) is 2.48. The molecule has 0 aromatic carbocycles. The van der Waals surface area contributed by atoms with Crippen molar-refractivity contribution in [3.8, 4) is 0 Å². The minimum absolute atomic E-state index is 0.104. The number of aliphatic hydroxyl groups is 1. The zero-order valence-corrected chi connectivity index (χ0v) is 8.08. The van der Waals surface area contributed by atoms with E-state index in [4.69, 9.17) is 0 Å². The van der Waals surface area contributed by atoms with E-state index in [0.29, 0.717) is 5.92 Å². The second-order valence-corrected chi connectivity index (χ2v) is 3.93. The van der Waals surface area contributed by atoms with Gasteiger partial charge in [-0.3, -0.25) is 0 Å². The quantitative estimate of drug-likeness (QED) is 0.622. The smallest absolute Gasteiger partial charge is 0.0704 e. The number of β-amino-alcohol motifs (C(OH)–C–C–N with tert-alkyl or cyclic N) is 1. The minimum Gasteiger partial charge on any atom is -0.391 e. The van der Waals surface area contributed by atoms with Crippen LogP contribution in [0.25, 0.3) is 0 Å². The Morgan fingerprint density at radius 1 is 1.42 bits per heavy atom. The number of hydrogen-bond donors (Lipinski definition) is 2.